The fraction of sp³-hybridized carbons (Fsp3) is 0.640. The molecule has 168 valence electrons. The molecule has 0 bridgehead atoms. The molecule has 1 amide bonds. The van der Waals surface area contributed by atoms with E-state index in [1.54, 1.807) is 0 Å². The van der Waals surface area contributed by atoms with Gasteiger partial charge in [0.15, 0.2) is 0 Å². The number of aromatic amines is 1. The third kappa shape index (κ3) is 4.13. The fourth-order valence-electron chi connectivity index (χ4n) is 5.84. The van der Waals surface area contributed by atoms with Crippen molar-refractivity contribution in [1.82, 2.24) is 19.7 Å². The smallest absolute Gasteiger partial charge is 0.254 e. The number of fused-ring (bicyclic) bond motifs is 1. The molecule has 31 heavy (non-hydrogen) atoms. The van der Waals surface area contributed by atoms with Crippen LogP contribution in [0.15, 0.2) is 30.5 Å². The molecule has 0 radical (unpaired) electrons. The van der Waals surface area contributed by atoms with Crippen LogP contribution in [-0.4, -0.2) is 89.2 Å². The summed E-state index contributed by atoms with van der Waals surface area (Å²) in [7, 11) is 0. The summed E-state index contributed by atoms with van der Waals surface area (Å²) in [6.45, 7) is 11.7. The summed E-state index contributed by atoms with van der Waals surface area (Å²) >= 11 is 0. The number of rotatable bonds is 3. The molecule has 3 aliphatic rings. The summed E-state index contributed by atoms with van der Waals surface area (Å²) in [4.78, 5) is 23.8. The number of carbonyl (C=O) groups is 1. The van der Waals surface area contributed by atoms with Gasteiger partial charge in [0.25, 0.3) is 5.91 Å². The van der Waals surface area contributed by atoms with Crippen molar-refractivity contribution in [3.05, 3.63) is 36.0 Å². The zero-order valence-electron chi connectivity index (χ0n) is 19.0. The van der Waals surface area contributed by atoms with Crippen molar-refractivity contribution >= 4 is 16.8 Å². The Morgan fingerprint density at radius 1 is 1.10 bits per heavy atom. The maximum Gasteiger partial charge on any atom is 0.254 e. The average Bonchev–Trinajstić information content (AvgIpc) is 3.28. The van der Waals surface area contributed by atoms with Crippen LogP contribution >= 0.6 is 0 Å². The molecule has 1 atom stereocenters. The first kappa shape index (κ1) is 21.0. The van der Waals surface area contributed by atoms with Gasteiger partial charge in [0.2, 0.25) is 0 Å². The topological polar surface area (TPSA) is 51.8 Å². The van der Waals surface area contributed by atoms with Gasteiger partial charge >= 0.3 is 0 Å². The molecule has 4 heterocycles. The number of piperidine rings is 1. The quantitative estimate of drug-likeness (QED) is 0.821. The molecule has 1 N–H and O–H groups in total. The van der Waals surface area contributed by atoms with Gasteiger partial charge in [0.1, 0.15) is 0 Å². The van der Waals surface area contributed by atoms with Crippen molar-refractivity contribution in [2.24, 2.45) is 0 Å². The van der Waals surface area contributed by atoms with Gasteiger partial charge in [-0.25, -0.2) is 0 Å². The van der Waals surface area contributed by atoms with Crippen LogP contribution in [0.1, 0.15) is 49.9 Å². The van der Waals surface area contributed by atoms with Crippen LogP contribution in [0.5, 0.6) is 0 Å². The van der Waals surface area contributed by atoms with E-state index in [-0.39, 0.29) is 11.5 Å². The predicted octanol–water partition coefficient (Wildman–Crippen LogP) is 3.35. The Balaban J connectivity index is 1.20. The molecule has 1 spiro atoms. The summed E-state index contributed by atoms with van der Waals surface area (Å²) in [5.41, 5.74) is 1.78. The number of hydrogen-bond acceptors (Lipinski definition) is 4. The van der Waals surface area contributed by atoms with E-state index in [4.69, 9.17) is 4.74 Å². The average molecular weight is 425 g/mol. The molecule has 5 rings (SSSR count). The van der Waals surface area contributed by atoms with Crippen LogP contribution in [0, 0.1) is 0 Å². The lowest BCUT2D eigenvalue weighted by Crippen LogP contribution is -2.58. The summed E-state index contributed by atoms with van der Waals surface area (Å²) < 4.78 is 6.40. The van der Waals surface area contributed by atoms with E-state index in [0.717, 1.165) is 61.8 Å². The van der Waals surface area contributed by atoms with Crippen molar-refractivity contribution in [2.45, 2.75) is 57.2 Å². The molecule has 1 aromatic heterocycles. The van der Waals surface area contributed by atoms with Gasteiger partial charge in [-0.3, -0.25) is 14.6 Å². The van der Waals surface area contributed by atoms with E-state index in [9.17, 15) is 4.79 Å². The van der Waals surface area contributed by atoms with Crippen LogP contribution in [0.25, 0.3) is 10.9 Å². The largest absolute Gasteiger partial charge is 0.375 e. The maximum atomic E-state index is 13.2. The number of nitrogens with zero attached hydrogens (tertiary/aromatic N) is 3. The normalized spacial score (nSPS) is 25.5. The second kappa shape index (κ2) is 8.57. The van der Waals surface area contributed by atoms with E-state index < -0.39 is 0 Å². The number of carbonyl (C=O) groups excluding carboxylic acids is 1. The van der Waals surface area contributed by atoms with Crippen molar-refractivity contribution in [1.29, 1.82) is 0 Å². The Labute approximate surface area is 185 Å². The lowest BCUT2D eigenvalue weighted by Gasteiger charge is -2.50. The Bertz CT molecular complexity index is 907. The van der Waals surface area contributed by atoms with Crippen LogP contribution in [0.2, 0.25) is 0 Å². The number of ether oxygens (including phenoxy) is 1. The van der Waals surface area contributed by atoms with E-state index in [1.165, 1.54) is 26.2 Å². The van der Waals surface area contributed by atoms with Gasteiger partial charge in [0.05, 0.1) is 5.60 Å². The first-order valence-corrected chi connectivity index (χ1v) is 12.0. The standard InChI is InChI=1S/C25H36N4O2/c1-19(2)27-13-15-28(16-14-27)20-7-17-31-25(18-20)8-11-29(12-9-25)24(30)22-4-3-5-23-21(22)6-10-26-23/h3-6,10,19-20,26H,7-9,11-18H2,1-2H3/t20-/m1/s1. The van der Waals surface area contributed by atoms with Gasteiger partial charge in [-0.1, -0.05) is 6.07 Å². The van der Waals surface area contributed by atoms with Gasteiger partial charge in [-0.05, 0) is 57.7 Å². The SMILES string of the molecule is CC(C)N1CCN([C@@H]2CCOC3(CCN(C(=O)c4cccc5[nH]ccc45)CC3)C2)CC1. The molecule has 2 aromatic rings. The maximum absolute atomic E-state index is 13.2. The van der Waals surface area contributed by atoms with E-state index in [2.05, 4.69) is 28.6 Å². The lowest BCUT2D eigenvalue weighted by atomic mass is 9.81. The zero-order valence-corrected chi connectivity index (χ0v) is 19.0. The van der Waals surface area contributed by atoms with Gasteiger partial charge in [0, 0.05) is 80.6 Å². The zero-order chi connectivity index (χ0) is 21.4. The molecular weight excluding hydrogens is 388 g/mol. The highest BCUT2D eigenvalue weighted by molar-refractivity contribution is 6.06. The number of amides is 1. The number of nitrogens with one attached hydrogen (secondary N) is 1. The minimum absolute atomic E-state index is 0.0467. The van der Waals surface area contributed by atoms with Gasteiger partial charge in [-0.15, -0.1) is 0 Å². The fourth-order valence-corrected chi connectivity index (χ4v) is 5.84. The highest BCUT2D eigenvalue weighted by atomic mass is 16.5. The molecular formula is C25H36N4O2. The molecule has 6 heteroatoms. The minimum atomic E-state index is -0.0467. The summed E-state index contributed by atoms with van der Waals surface area (Å²) in [5.74, 6) is 0.150. The molecule has 3 fully saturated rings. The number of aromatic nitrogens is 1. The van der Waals surface area contributed by atoms with E-state index in [0.29, 0.717) is 12.1 Å². The van der Waals surface area contributed by atoms with E-state index in [1.807, 2.05) is 35.4 Å². The molecule has 1 aromatic carbocycles. The first-order chi connectivity index (χ1) is 15.0. The highest BCUT2D eigenvalue weighted by Gasteiger charge is 2.43. The van der Waals surface area contributed by atoms with Crippen molar-refractivity contribution in [3.8, 4) is 0 Å². The molecule has 3 saturated heterocycles. The van der Waals surface area contributed by atoms with Crippen LogP contribution in [-0.2, 0) is 4.74 Å². The third-order valence-electron chi connectivity index (χ3n) is 7.85. The van der Waals surface area contributed by atoms with Crippen molar-refractivity contribution < 1.29 is 9.53 Å². The summed E-state index contributed by atoms with van der Waals surface area (Å²) in [5, 5.41) is 1.02. The molecule has 3 aliphatic heterocycles. The molecule has 6 nitrogen and oxygen atoms in total. The monoisotopic (exact) mass is 424 g/mol. The minimum Gasteiger partial charge on any atom is -0.375 e. The Kier molecular flexibility index (Phi) is 5.80. The number of H-pyrrole nitrogens is 1. The van der Waals surface area contributed by atoms with E-state index >= 15 is 0 Å². The van der Waals surface area contributed by atoms with Crippen LogP contribution in [0.3, 0.4) is 0 Å². The van der Waals surface area contributed by atoms with Crippen LogP contribution < -0.4 is 0 Å². The van der Waals surface area contributed by atoms with Gasteiger partial charge in [-0.2, -0.15) is 0 Å². The second-order valence-electron chi connectivity index (χ2n) is 9.88. The number of piperazine rings is 1. The predicted molar refractivity (Wildman–Crippen MR) is 123 cm³/mol. The first-order valence-electron chi connectivity index (χ1n) is 12.0. The summed E-state index contributed by atoms with van der Waals surface area (Å²) in [6, 6.07) is 9.20. The summed E-state index contributed by atoms with van der Waals surface area (Å²) in [6.07, 6.45) is 6.06. The Morgan fingerprint density at radius 3 is 2.61 bits per heavy atom. The number of hydrogen-bond donors (Lipinski definition) is 1. The second-order valence-corrected chi connectivity index (χ2v) is 9.88. The van der Waals surface area contributed by atoms with Crippen molar-refractivity contribution in [3.63, 3.8) is 0 Å². The molecule has 0 aliphatic carbocycles. The van der Waals surface area contributed by atoms with Gasteiger partial charge < -0.3 is 14.6 Å². The lowest BCUT2D eigenvalue weighted by molar-refractivity contribution is -0.132. The molecule has 0 unspecified atom stereocenters. The third-order valence-corrected chi connectivity index (χ3v) is 7.85. The van der Waals surface area contributed by atoms with Crippen molar-refractivity contribution in [2.75, 3.05) is 45.9 Å². The van der Waals surface area contributed by atoms with Crippen LogP contribution in [0.4, 0.5) is 0 Å². The highest BCUT2D eigenvalue weighted by Crippen LogP contribution is 2.37. The Morgan fingerprint density at radius 2 is 1.87 bits per heavy atom. The number of benzene rings is 1. The number of likely N-dealkylation sites (tertiary alicyclic amines) is 1. The Hall–Kier alpha value is -1.89. The molecule has 0 saturated carbocycles.